The van der Waals surface area contributed by atoms with Crippen molar-refractivity contribution < 1.29 is 4.79 Å². The van der Waals surface area contributed by atoms with Gasteiger partial charge in [0.05, 0.1) is 0 Å². The van der Waals surface area contributed by atoms with Crippen molar-refractivity contribution in [1.82, 2.24) is 0 Å². The third-order valence-corrected chi connectivity index (χ3v) is 3.14. The molecule has 1 aliphatic carbocycles. The van der Waals surface area contributed by atoms with Crippen LogP contribution >= 0.6 is 0 Å². The maximum absolute atomic E-state index is 9.44. The first-order valence-corrected chi connectivity index (χ1v) is 7.26. The molecular weight excluding hydrogens is 244 g/mol. The van der Waals surface area contributed by atoms with Crippen LogP contribution in [-0.4, -0.2) is 5.78 Å². The Morgan fingerprint density at radius 3 is 1.45 bits per heavy atom. The first kappa shape index (κ1) is 16.2. The number of Topliss-reactive ketones (excluding diaryl/α,β-unsaturated/α-hetero) is 1. The molecule has 0 aliphatic heterocycles. The minimum absolute atomic E-state index is 0.167. The van der Waals surface area contributed by atoms with Crippen molar-refractivity contribution in [3.63, 3.8) is 0 Å². The summed E-state index contributed by atoms with van der Waals surface area (Å²) in [5.41, 5.74) is 5.76. The van der Waals surface area contributed by atoms with Crippen LogP contribution in [-0.2, 0) is 4.79 Å². The molecule has 1 nitrogen and oxygen atoms in total. The lowest BCUT2D eigenvalue weighted by Crippen LogP contribution is -1.87. The average molecular weight is 268 g/mol. The molecule has 0 aromatic heterocycles. The molecule has 0 saturated carbocycles. The molecule has 0 amide bonds. The summed E-state index contributed by atoms with van der Waals surface area (Å²) in [7, 11) is 0. The molecule has 20 heavy (non-hydrogen) atoms. The Balaban J connectivity index is 0.000000291. The van der Waals surface area contributed by atoms with Crippen molar-refractivity contribution in [3.05, 3.63) is 59.7 Å². The predicted octanol–water partition coefficient (Wildman–Crippen LogP) is 5.44. The molecule has 1 aliphatic rings. The van der Waals surface area contributed by atoms with E-state index in [1.807, 2.05) is 13.8 Å². The van der Waals surface area contributed by atoms with E-state index in [2.05, 4.69) is 55.5 Å². The molecule has 1 heteroatoms. The van der Waals surface area contributed by atoms with Crippen LogP contribution in [0.5, 0.6) is 0 Å². The lowest BCUT2D eigenvalue weighted by Gasteiger charge is -2.04. The zero-order valence-electron chi connectivity index (χ0n) is 13.1. The zero-order chi connectivity index (χ0) is 15.1. The smallest absolute Gasteiger partial charge is 0.126 e. The van der Waals surface area contributed by atoms with Crippen LogP contribution in [0.15, 0.2) is 48.5 Å². The van der Waals surface area contributed by atoms with Crippen molar-refractivity contribution in [2.24, 2.45) is 0 Å². The van der Waals surface area contributed by atoms with Gasteiger partial charge in [-0.25, -0.2) is 0 Å². The summed E-state index contributed by atoms with van der Waals surface area (Å²) in [4.78, 5) is 9.44. The fourth-order valence-corrected chi connectivity index (χ4v) is 2.41. The fourth-order valence-electron chi connectivity index (χ4n) is 2.41. The third-order valence-electron chi connectivity index (χ3n) is 3.14. The lowest BCUT2D eigenvalue weighted by atomic mass is 10.00. The van der Waals surface area contributed by atoms with Gasteiger partial charge in [0.25, 0.3) is 0 Å². The summed E-state index contributed by atoms with van der Waals surface area (Å²) in [5, 5.41) is 0. The van der Waals surface area contributed by atoms with Gasteiger partial charge < -0.3 is 4.79 Å². The molecule has 2 aromatic carbocycles. The van der Waals surface area contributed by atoms with E-state index in [0.29, 0.717) is 5.92 Å². The highest BCUT2D eigenvalue weighted by molar-refractivity contribution is 5.78. The van der Waals surface area contributed by atoms with Gasteiger partial charge in [-0.05, 0) is 36.1 Å². The van der Waals surface area contributed by atoms with E-state index in [0.717, 1.165) is 0 Å². The Morgan fingerprint density at radius 1 is 0.800 bits per heavy atom. The number of carbonyl (C=O) groups excluding carboxylic acids is 1. The van der Waals surface area contributed by atoms with E-state index >= 15 is 0 Å². The molecule has 0 N–H and O–H groups in total. The highest BCUT2D eigenvalue weighted by Crippen LogP contribution is 2.43. The largest absolute Gasteiger partial charge is 0.300 e. The summed E-state index contributed by atoms with van der Waals surface area (Å²) in [6, 6.07) is 17.4. The van der Waals surface area contributed by atoms with Gasteiger partial charge in [0.15, 0.2) is 0 Å². The van der Waals surface area contributed by atoms with Crippen LogP contribution in [0.25, 0.3) is 11.1 Å². The molecule has 0 heterocycles. The van der Waals surface area contributed by atoms with E-state index in [1.54, 1.807) is 0 Å². The second-order valence-corrected chi connectivity index (χ2v) is 4.80. The van der Waals surface area contributed by atoms with Crippen molar-refractivity contribution in [1.29, 1.82) is 0 Å². The summed E-state index contributed by atoms with van der Waals surface area (Å²) in [6.45, 7) is 9.34. The van der Waals surface area contributed by atoms with Gasteiger partial charge >= 0.3 is 0 Å². The van der Waals surface area contributed by atoms with Crippen molar-refractivity contribution >= 4 is 5.78 Å². The van der Waals surface area contributed by atoms with Gasteiger partial charge in [-0.3, -0.25) is 0 Å². The Labute approximate surface area is 122 Å². The van der Waals surface area contributed by atoms with Crippen LogP contribution in [0.4, 0.5) is 0 Å². The number of hydrogen-bond acceptors (Lipinski definition) is 1. The summed E-state index contributed by atoms with van der Waals surface area (Å²) in [5.74, 6) is 0.724. The topological polar surface area (TPSA) is 17.1 Å². The second-order valence-electron chi connectivity index (χ2n) is 4.80. The first-order valence-electron chi connectivity index (χ1n) is 7.26. The van der Waals surface area contributed by atoms with Gasteiger partial charge in [-0.1, -0.05) is 69.3 Å². The quantitative estimate of drug-likeness (QED) is 0.621. The standard InChI is InChI=1S/C14H12.C3H6O.C2H6/c1-10-11-6-2-4-8-13(11)14-9-5-3-7-12(10)14;1-3(2)4;1-2/h2-10H,1H3;1-2H3;1-2H3. The highest BCUT2D eigenvalue weighted by Gasteiger charge is 2.23. The van der Waals surface area contributed by atoms with E-state index in [4.69, 9.17) is 0 Å². The summed E-state index contributed by atoms with van der Waals surface area (Å²) in [6.07, 6.45) is 0. The molecule has 0 bridgehead atoms. The van der Waals surface area contributed by atoms with Crippen LogP contribution in [0.2, 0.25) is 0 Å². The number of ketones is 1. The zero-order valence-corrected chi connectivity index (χ0v) is 13.1. The highest BCUT2D eigenvalue weighted by atomic mass is 16.1. The molecule has 0 saturated heterocycles. The Kier molecular flexibility index (Phi) is 6.17. The molecule has 0 spiro atoms. The number of hydrogen-bond donors (Lipinski definition) is 0. The van der Waals surface area contributed by atoms with E-state index in [1.165, 1.54) is 36.1 Å². The van der Waals surface area contributed by atoms with Crippen LogP contribution in [0, 0.1) is 0 Å². The number of carbonyl (C=O) groups is 1. The van der Waals surface area contributed by atoms with Gasteiger partial charge in [-0.2, -0.15) is 0 Å². The maximum Gasteiger partial charge on any atom is 0.126 e. The van der Waals surface area contributed by atoms with Crippen LogP contribution in [0.3, 0.4) is 0 Å². The summed E-state index contributed by atoms with van der Waals surface area (Å²) >= 11 is 0. The normalized spacial score (nSPS) is 11.2. The predicted molar refractivity (Wildman–Crippen MR) is 87.1 cm³/mol. The van der Waals surface area contributed by atoms with Crippen molar-refractivity contribution in [2.75, 3.05) is 0 Å². The van der Waals surface area contributed by atoms with Gasteiger partial charge in [-0.15, -0.1) is 0 Å². The minimum atomic E-state index is 0.167. The number of fused-ring (bicyclic) bond motifs is 3. The molecule has 0 fully saturated rings. The van der Waals surface area contributed by atoms with Gasteiger partial charge in [0.2, 0.25) is 0 Å². The molecule has 3 rings (SSSR count). The van der Waals surface area contributed by atoms with Gasteiger partial charge in [0, 0.05) is 5.92 Å². The Hall–Kier alpha value is -1.89. The number of rotatable bonds is 0. The monoisotopic (exact) mass is 268 g/mol. The van der Waals surface area contributed by atoms with Gasteiger partial charge in [0.1, 0.15) is 5.78 Å². The molecule has 106 valence electrons. The molecule has 0 unspecified atom stereocenters. The van der Waals surface area contributed by atoms with Crippen LogP contribution in [0.1, 0.15) is 51.7 Å². The maximum atomic E-state index is 9.44. The Bertz CT molecular complexity index is 520. The van der Waals surface area contributed by atoms with E-state index in [9.17, 15) is 4.79 Å². The average Bonchev–Trinajstić information content (AvgIpc) is 2.75. The lowest BCUT2D eigenvalue weighted by molar-refractivity contribution is -0.114. The second kappa shape index (κ2) is 7.64. The third kappa shape index (κ3) is 3.57. The molecule has 0 atom stereocenters. The Morgan fingerprint density at radius 2 is 1.10 bits per heavy atom. The van der Waals surface area contributed by atoms with E-state index < -0.39 is 0 Å². The van der Waals surface area contributed by atoms with Crippen molar-refractivity contribution in [2.45, 2.75) is 40.5 Å². The SMILES string of the molecule is CC.CC(C)=O.CC1c2ccccc2-c2ccccc21. The first-order chi connectivity index (χ1) is 9.61. The van der Waals surface area contributed by atoms with Crippen molar-refractivity contribution in [3.8, 4) is 11.1 Å². The van der Waals surface area contributed by atoms with E-state index in [-0.39, 0.29) is 5.78 Å². The molecule has 0 radical (unpaired) electrons. The molecule has 2 aromatic rings. The fraction of sp³-hybridized carbons (Fsp3) is 0.316. The minimum Gasteiger partial charge on any atom is -0.300 e. The summed E-state index contributed by atoms with van der Waals surface area (Å²) < 4.78 is 0. The molecular formula is C19H24O. The number of benzene rings is 2. The van der Waals surface area contributed by atoms with Crippen LogP contribution < -0.4 is 0 Å².